The smallest absolute Gasteiger partial charge is 0.0399 e. The Morgan fingerprint density at radius 3 is 2.39 bits per heavy atom. The molecule has 0 radical (unpaired) electrons. The van der Waals surface area contributed by atoms with Crippen LogP contribution in [-0.2, 0) is 0 Å². The van der Waals surface area contributed by atoms with Crippen LogP contribution in [0.5, 0.6) is 0 Å². The number of hydrogen-bond donors (Lipinski definition) is 0. The molecular weight excluding hydrogens is 280 g/mol. The molecule has 0 amide bonds. The molecule has 128 valence electrons. The average molecular weight is 315 g/mol. The summed E-state index contributed by atoms with van der Waals surface area (Å²) in [7, 11) is 2.30. The predicted molar refractivity (Wildman–Crippen MR) is 100 cm³/mol. The highest BCUT2D eigenvalue weighted by molar-refractivity contribution is 5.55. The van der Waals surface area contributed by atoms with Crippen molar-refractivity contribution in [3.05, 3.63) is 29.8 Å². The summed E-state index contributed by atoms with van der Waals surface area (Å²) in [4.78, 5) is 5.19. The maximum Gasteiger partial charge on any atom is 0.0399 e. The molecule has 0 bridgehead atoms. The van der Waals surface area contributed by atoms with E-state index in [1.165, 1.54) is 64.0 Å². The molecule has 1 heterocycles. The van der Waals surface area contributed by atoms with Gasteiger partial charge in [-0.2, -0.15) is 0 Å². The van der Waals surface area contributed by atoms with Crippen molar-refractivity contribution in [3.63, 3.8) is 0 Å². The summed E-state index contributed by atoms with van der Waals surface area (Å²) in [5, 5.41) is 0. The maximum atomic E-state index is 2.66. The van der Waals surface area contributed by atoms with Gasteiger partial charge in [-0.25, -0.2) is 0 Å². The van der Waals surface area contributed by atoms with Gasteiger partial charge in [0.2, 0.25) is 0 Å². The number of anilines is 1. The molecule has 3 rings (SSSR count). The lowest BCUT2D eigenvalue weighted by Gasteiger charge is -2.36. The number of rotatable bonds is 6. The number of benzene rings is 1. The lowest BCUT2D eigenvalue weighted by atomic mass is 9.79. The summed E-state index contributed by atoms with van der Waals surface area (Å²) in [6.07, 6.45) is 6.92. The van der Waals surface area contributed by atoms with Crippen LogP contribution in [0.1, 0.15) is 57.4 Å². The van der Waals surface area contributed by atoms with Crippen LogP contribution in [0.2, 0.25) is 0 Å². The van der Waals surface area contributed by atoms with E-state index in [9.17, 15) is 0 Å². The Hall–Kier alpha value is -1.02. The summed E-state index contributed by atoms with van der Waals surface area (Å²) in [6, 6.07) is 9.12. The summed E-state index contributed by atoms with van der Waals surface area (Å²) >= 11 is 0. The van der Waals surface area contributed by atoms with Crippen LogP contribution in [0.25, 0.3) is 0 Å². The zero-order valence-corrected chi connectivity index (χ0v) is 15.3. The fraction of sp³-hybridized carbons (Fsp3) is 0.714. The largest absolute Gasteiger partial charge is 0.374 e. The number of piperidine rings is 1. The molecule has 1 aromatic rings. The molecule has 0 N–H and O–H groups in total. The van der Waals surface area contributed by atoms with Crippen molar-refractivity contribution < 1.29 is 0 Å². The number of nitrogens with zero attached hydrogens (tertiary/aromatic N) is 2. The number of hydrogen-bond acceptors (Lipinski definition) is 2. The standard InChI is InChI=1S/C21H34N2/c1-17(2)15-23-13-11-18(12-14-23)16-22(3)21-10-5-4-9-20(21)19-7-6-8-19/h4-5,9-10,17-19H,6-8,11-16H2,1-3H3. The number of para-hydroxylation sites is 1. The minimum atomic E-state index is 0.795. The molecule has 0 atom stereocenters. The van der Waals surface area contributed by atoms with Crippen LogP contribution in [0.4, 0.5) is 5.69 Å². The monoisotopic (exact) mass is 314 g/mol. The van der Waals surface area contributed by atoms with E-state index in [0.717, 1.165) is 17.8 Å². The van der Waals surface area contributed by atoms with E-state index in [0.29, 0.717) is 0 Å². The summed E-state index contributed by atoms with van der Waals surface area (Å²) < 4.78 is 0. The third-order valence-electron chi connectivity index (χ3n) is 5.76. The molecule has 1 aliphatic heterocycles. The highest BCUT2D eigenvalue weighted by Crippen LogP contribution is 2.40. The Balaban J connectivity index is 1.55. The normalized spacial score (nSPS) is 20.7. The molecule has 1 saturated carbocycles. The van der Waals surface area contributed by atoms with E-state index in [1.54, 1.807) is 5.56 Å². The zero-order chi connectivity index (χ0) is 16.2. The fourth-order valence-electron chi connectivity index (χ4n) is 4.25. The van der Waals surface area contributed by atoms with Gasteiger partial charge in [0.1, 0.15) is 0 Å². The first-order valence-corrected chi connectivity index (χ1v) is 9.66. The second-order valence-electron chi connectivity index (χ2n) is 8.20. The molecule has 1 aromatic carbocycles. The third kappa shape index (κ3) is 4.29. The van der Waals surface area contributed by atoms with Gasteiger partial charge in [0.15, 0.2) is 0 Å². The highest BCUT2D eigenvalue weighted by atomic mass is 15.1. The molecule has 0 aromatic heterocycles. The summed E-state index contributed by atoms with van der Waals surface area (Å²) in [5.74, 6) is 2.47. The van der Waals surface area contributed by atoms with Gasteiger partial charge in [0.05, 0.1) is 0 Å². The van der Waals surface area contributed by atoms with E-state index in [1.807, 2.05) is 0 Å². The molecule has 0 spiro atoms. The van der Waals surface area contributed by atoms with Crippen molar-refractivity contribution in [2.75, 3.05) is 38.1 Å². The van der Waals surface area contributed by atoms with Crippen LogP contribution in [0.15, 0.2) is 24.3 Å². The molecule has 2 nitrogen and oxygen atoms in total. The zero-order valence-electron chi connectivity index (χ0n) is 15.3. The second kappa shape index (κ2) is 7.70. The number of likely N-dealkylation sites (tertiary alicyclic amines) is 1. The highest BCUT2D eigenvalue weighted by Gasteiger charge is 2.25. The second-order valence-corrected chi connectivity index (χ2v) is 8.20. The van der Waals surface area contributed by atoms with E-state index in [2.05, 4.69) is 55.0 Å². The summed E-state index contributed by atoms with van der Waals surface area (Å²) in [6.45, 7) is 9.74. The van der Waals surface area contributed by atoms with Gasteiger partial charge in [0, 0.05) is 25.8 Å². The van der Waals surface area contributed by atoms with Crippen LogP contribution in [-0.4, -0.2) is 38.1 Å². The van der Waals surface area contributed by atoms with Crippen LogP contribution >= 0.6 is 0 Å². The summed E-state index contributed by atoms with van der Waals surface area (Å²) in [5.41, 5.74) is 3.08. The van der Waals surface area contributed by atoms with Crippen molar-refractivity contribution in [1.82, 2.24) is 4.90 Å². The van der Waals surface area contributed by atoms with Crippen LogP contribution in [0.3, 0.4) is 0 Å². The van der Waals surface area contributed by atoms with E-state index in [4.69, 9.17) is 0 Å². The van der Waals surface area contributed by atoms with E-state index in [-0.39, 0.29) is 0 Å². The van der Waals surface area contributed by atoms with Gasteiger partial charge in [-0.3, -0.25) is 0 Å². The quantitative estimate of drug-likeness (QED) is 0.747. The molecule has 23 heavy (non-hydrogen) atoms. The van der Waals surface area contributed by atoms with Gasteiger partial charge < -0.3 is 9.80 Å². The van der Waals surface area contributed by atoms with Crippen molar-refractivity contribution in [1.29, 1.82) is 0 Å². The van der Waals surface area contributed by atoms with Crippen molar-refractivity contribution >= 4 is 5.69 Å². The Kier molecular flexibility index (Phi) is 5.63. The molecule has 0 unspecified atom stereocenters. The van der Waals surface area contributed by atoms with Crippen molar-refractivity contribution in [3.8, 4) is 0 Å². The molecular formula is C21H34N2. The van der Waals surface area contributed by atoms with Crippen molar-refractivity contribution in [2.24, 2.45) is 11.8 Å². The first-order chi connectivity index (χ1) is 11.1. The maximum absolute atomic E-state index is 2.66. The molecule has 2 aliphatic rings. The van der Waals surface area contributed by atoms with Crippen LogP contribution in [0, 0.1) is 11.8 Å². The fourth-order valence-corrected chi connectivity index (χ4v) is 4.25. The minimum absolute atomic E-state index is 0.795. The Morgan fingerprint density at radius 2 is 1.78 bits per heavy atom. The Morgan fingerprint density at radius 1 is 1.09 bits per heavy atom. The molecule has 1 saturated heterocycles. The molecule has 2 fully saturated rings. The molecule has 1 aliphatic carbocycles. The topological polar surface area (TPSA) is 6.48 Å². The van der Waals surface area contributed by atoms with Crippen molar-refractivity contribution in [2.45, 2.75) is 51.9 Å². The Bertz CT molecular complexity index is 484. The predicted octanol–water partition coefficient (Wildman–Crippen LogP) is 4.76. The average Bonchev–Trinajstić information content (AvgIpc) is 2.47. The lowest BCUT2D eigenvalue weighted by Crippen LogP contribution is -2.39. The van der Waals surface area contributed by atoms with Gasteiger partial charge in [0.25, 0.3) is 0 Å². The minimum Gasteiger partial charge on any atom is -0.374 e. The van der Waals surface area contributed by atoms with Gasteiger partial charge in [-0.15, -0.1) is 0 Å². The van der Waals surface area contributed by atoms with Gasteiger partial charge in [-0.05, 0) is 68.2 Å². The first-order valence-electron chi connectivity index (χ1n) is 9.66. The van der Waals surface area contributed by atoms with E-state index < -0.39 is 0 Å². The first kappa shape index (κ1) is 16.8. The van der Waals surface area contributed by atoms with Crippen LogP contribution < -0.4 is 4.90 Å². The SMILES string of the molecule is CC(C)CN1CCC(CN(C)c2ccccc2C2CCC2)CC1. The Labute approximate surface area is 142 Å². The van der Waals surface area contributed by atoms with Gasteiger partial charge in [-0.1, -0.05) is 38.5 Å². The lowest BCUT2D eigenvalue weighted by molar-refractivity contribution is 0.170. The van der Waals surface area contributed by atoms with Gasteiger partial charge >= 0.3 is 0 Å². The molecule has 2 heteroatoms. The third-order valence-corrected chi connectivity index (χ3v) is 5.76. The van der Waals surface area contributed by atoms with E-state index >= 15 is 0 Å².